The third-order valence-corrected chi connectivity index (χ3v) is 6.56. The van der Waals surface area contributed by atoms with Crippen molar-refractivity contribution in [1.29, 1.82) is 0 Å². The Bertz CT molecular complexity index is 1160. The van der Waals surface area contributed by atoms with Crippen LogP contribution < -0.4 is 0 Å². The van der Waals surface area contributed by atoms with Crippen LogP contribution in [0.2, 0.25) is 0 Å². The van der Waals surface area contributed by atoms with Crippen molar-refractivity contribution in [3.05, 3.63) is 71.3 Å². The summed E-state index contributed by atoms with van der Waals surface area (Å²) in [5.41, 5.74) is 5.64. The molecule has 0 bridgehead atoms. The first-order valence-electron chi connectivity index (χ1n) is 12.0. The van der Waals surface area contributed by atoms with Crippen molar-refractivity contribution >= 4 is 23.6 Å². The Morgan fingerprint density at radius 2 is 1.69 bits per heavy atom. The molecule has 190 valence electrons. The topological polar surface area (TPSA) is 125 Å². The van der Waals surface area contributed by atoms with Crippen molar-refractivity contribution in [2.75, 3.05) is 39.3 Å². The van der Waals surface area contributed by atoms with Crippen molar-refractivity contribution in [2.24, 2.45) is 0 Å². The molecule has 4 heterocycles. The monoisotopic (exact) mass is 494 g/mol. The van der Waals surface area contributed by atoms with Gasteiger partial charge in [0.1, 0.15) is 12.4 Å². The van der Waals surface area contributed by atoms with Gasteiger partial charge in [-0.05, 0) is 30.4 Å². The molecule has 0 unspecified atom stereocenters. The predicted octanol–water partition coefficient (Wildman–Crippen LogP) is 2.50. The van der Waals surface area contributed by atoms with Crippen molar-refractivity contribution in [1.82, 2.24) is 19.4 Å². The second-order valence-electron chi connectivity index (χ2n) is 8.78. The number of ether oxygens (including phenoxy) is 1. The predicted molar refractivity (Wildman–Crippen MR) is 131 cm³/mol. The number of imidazole rings is 1. The summed E-state index contributed by atoms with van der Waals surface area (Å²) in [6.07, 6.45) is 8.14. The van der Waals surface area contributed by atoms with Gasteiger partial charge in [-0.2, -0.15) is 0 Å². The molecule has 3 aliphatic rings. The number of benzene rings is 1. The molecule has 0 atom stereocenters. The van der Waals surface area contributed by atoms with Crippen molar-refractivity contribution in [3.63, 3.8) is 0 Å². The van der Waals surface area contributed by atoms with E-state index in [1.54, 1.807) is 0 Å². The number of nitrogens with zero attached hydrogens (tertiary/aromatic N) is 4. The highest BCUT2D eigenvalue weighted by Crippen LogP contribution is 2.35. The zero-order chi connectivity index (χ0) is 25.5. The van der Waals surface area contributed by atoms with Crippen molar-refractivity contribution < 1.29 is 29.3 Å². The zero-order valence-electron chi connectivity index (χ0n) is 20.0. The van der Waals surface area contributed by atoms with E-state index < -0.39 is 11.9 Å². The molecule has 5 rings (SSSR count). The van der Waals surface area contributed by atoms with Gasteiger partial charge in [0.05, 0.1) is 6.54 Å². The third-order valence-electron chi connectivity index (χ3n) is 6.56. The molecule has 2 aromatic rings. The number of hydrogen-bond donors (Lipinski definition) is 2. The average Bonchev–Trinajstić information content (AvgIpc) is 3.47. The molecule has 0 radical (unpaired) electrons. The van der Waals surface area contributed by atoms with Gasteiger partial charge in [-0.25, -0.2) is 19.4 Å². The smallest absolute Gasteiger partial charge is 0.409 e. The molecule has 10 heteroatoms. The van der Waals surface area contributed by atoms with Crippen molar-refractivity contribution in [3.8, 4) is 0 Å². The number of cyclic esters (lactones) is 1. The molecule has 2 N–H and O–H groups in total. The molecule has 2 saturated heterocycles. The summed E-state index contributed by atoms with van der Waals surface area (Å²) in [4.78, 5) is 39.7. The SMILES string of the molecule is O=C(O)C=CC(=O)O.O=C1OCCN1CCN1CCC(=C2c3ccccc3CCn3ccnc32)CC1. The Morgan fingerprint density at radius 3 is 2.36 bits per heavy atom. The molecule has 1 aromatic heterocycles. The molecule has 36 heavy (non-hydrogen) atoms. The van der Waals surface area contributed by atoms with Gasteiger partial charge in [0.15, 0.2) is 0 Å². The molecule has 1 amide bonds. The van der Waals surface area contributed by atoms with Crippen molar-refractivity contribution in [2.45, 2.75) is 25.8 Å². The van der Waals surface area contributed by atoms with Gasteiger partial charge < -0.3 is 29.3 Å². The Hall–Kier alpha value is -3.92. The van der Waals surface area contributed by atoms with E-state index in [1.165, 1.54) is 22.3 Å². The zero-order valence-corrected chi connectivity index (χ0v) is 20.0. The number of aryl methyl sites for hydroxylation is 2. The fraction of sp³-hybridized carbons (Fsp3) is 0.385. The first-order chi connectivity index (χ1) is 17.4. The Balaban J connectivity index is 0.000000331. The van der Waals surface area contributed by atoms with E-state index in [2.05, 4.69) is 39.9 Å². The van der Waals surface area contributed by atoms with Gasteiger partial charge in [-0.1, -0.05) is 29.8 Å². The number of carbonyl (C=O) groups is 3. The lowest BCUT2D eigenvalue weighted by Gasteiger charge is -2.31. The van der Waals surface area contributed by atoms with E-state index in [9.17, 15) is 14.4 Å². The van der Waals surface area contributed by atoms with E-state index in [0.29, 0.717) is 18.8 Å². The summed E-state index contributed by atoms with van der Waals surface area (Å²) in [6.45, 7) is 5.99. The second kappa shape index (κ2) is 11.7. The van der Waals surface area contributed by atoms with Crippen LogP contribution in [0.15, 0.2) is 54.4 Å². The molecule has 1 aromatic carbocycles. The Kier molecular flexibility index (Phi) is 8.17. The minimum Gasteiger partial charge on any atom is -0.478 e. The number of fused-ring (bicyclic) bond motifs is 2. The van der Waals surface area contributed by atoms with Crippen LogP contribution in [0.5, 0.6) is 0 Å². The lowest BCUT2D eigenvalue weighted by atomic mass is 9.90. The van der Waals surface area contributed by atoms with Crippen LogP contribution in [0.1, 0.15) is 29.8 Å². The number of likely N-dealkylation sites (tertiary alicyclic amines) is 1. The molecule has 0 aliphatic carbocycles. The molecule has 3 aliphatic heterocycles. The standard InChI is InChI=1S/C22H26N4O2.C4H4O4/c27-22-26(15-16-28-22)14-13-24-9-5-18(6-10-24)20-19-4-2-1-3-17(19)7-11-25-12-8-23-21(20)25;5-3(6)1-2-4(7)8/h1-4,8,12H,5-7,9-11,13-16H2;1-2H,(H,5,6)(H,7,8). The van der Waals surface area contributed by atoms with Crippen LogP contribution >= 0.6 is 0 Å². The van der Waals surface area contributed by atoms with Gasteiger partial charge in [-0.15, -0.1) is 0 Å². The van der Waals surface area contributed by atoms with Gasteiger partial charge in [0.2, 0.25) is 0 Å². The summed E-state index contributed by atoms with van der Waals surface area (Å²) in [7, 11) is 0. The molecule has 0 saturated carbocycles. The quantitative estimate of drug-likeness (QED) is 0.608. The number of aromatic nitrogens is 2. The van der Waals surface area contributed by atoms with E-state index in [1.807, 2.05) is 11.1 Å². The number of carbonyl (C=O) groups excluding carboxylic acids is 1. The highest BCUT2D eigenvalue weighted by molar-refractivity contribution is 5.89. The fourth-order valence-electron chi connectivity index (χ4n) is 4.74. The highest BCUT2D eigenvalue weighted by atomic mass is 16.6. The van der Waals surface area contributed by atoms with Crippen LogP contribution in [0, 0.1) is 0 Å². The summed E-state index contributed by atoms with van der Waals surface area (Å²) in [5.74, 6) is -1.40. The van der Waals surface area contributed by atoms with Gasteiger partial charge in [0.25, 0.3) is 0 Å². The fourth-order valence-corrected chi connectivity index (χ4v) is 4.74. The average molecular weight is 495 g/mol. The number of hydrogen-bond acceptors (Lipinski definition) is 6. The molecular weight excluding hydrogens is 464 g/mol. The molecule has 0 spiro atoms. The number of piperidine rings is 1. The lowest BCUT2D eigenvalue weighted by Crippen LogP contribution is -2.38. The first-order valence-corrected chi connectivity index (χ1v) is 12.0. The number of carboxylic acids is 2. The highest BCUT2D eigenvalue weighted by Gasteiger charge is 2.26. The lowest BCUT2D eigenvalue weighted by molar-refractivity contribution is -0.134. The van der Waals surface area contributed by atoms with Gasteiger partial charge >= 0.3 is 18.0 Å². The molecule has 10 nitrogen and oxygen atoms in total. The van der Waals surface area contributed by atoms with Crippen LogP contribution in [0.4, 0.5) is 4.79 Å². The maximum Gasteiger partial charge on any atom is 0.409 e. The molecule has 2 fully saturated rings. The van der Waals surface area contributed by atoms with Gasteiger partial charge in [-0.3, -0.25) is 0 Å². The maximum atomic E-state index is 11.6. The van der Waals surface area contributed by atoms with Crippen LogP contribution in [-0.4, -0.2) is 86.9 Å². The van der Waals surface area contributed by atoms with E-state index in [0.717, 1.165) is 64.4 Å². The number of amides is 1. The summed E-state index contributed by atoms with van der Waals surface area (Å²) < 4.78 is 7.32. The van der Waals surface area contributed by atoms with E-state index >= 15 is 0 Å². The van der Waals surface area contributed by atoms with Crippen LogP contribution in [-0.2, 0) is 27.3 Å². The first kappa shape index (κ1) is 25.2. The largest absolute Gasteiger partial charge is 0.478 e. The summed E-state index contributed by atoms with van der Waals surface area (Å²) in [5, 5.41) is 15.6. The normalized spacial score (nSPS) is 17.7. The second-order valence-corrected chi connectivity index (χ2v) is 8.78. The minimum atomic E-state index is -1.26. The Labute approximate surface area is 209 Å². The van der Waals surface area contributed by atoms with E-state index in [-0.39, 0.29) is 6.09 Å². The summed E-state index contributed by atoms with van der Waals surface area (Å²) >= 11 is 0. The molecular formula is C26H30N4O6. The van der Waals surface area contributed by atoms with E-state index in [4.69, 9.17) is 19.9 Å². The number of rotatable bonds is 5. The van der Waals surface area contributed by atoms with Gasteiger partial charge in [0, 0.05) is 62.8 Å². The van der Waals surface area contributed by atoms with Crippen LogP contribution in [0.25, 0.3) is 5.57 Å². The Morgan fingerprint density at radius 1 is 0.972 bits per heavy atom. The number of carboxylic acid groups (broad SMARTS) is 2. The van der Waals surface area contributed by atoms with Crippen LogP contribution in [0.3, 0.4) is 0 Å². The third kappa shape index (κ3) is 6.19. The minimum absolute atomic E-state index is 0.165. The maximum absolute atomic E-state index is 11.6. The summed E-state index contributed by atoms with van der Waals surface area (Å²) in [6, 6.07) is 8.80. The number of aliphatic carboxylic acids is 2.